The highest BCUT2D eigenvalue weighted by atomic mass is 16.6. The third kappa shape index (κ3) is 3.72. The summed E-state index contributed by atoms with van der Waals surface area (Å²) in [5, 5.41) is 8.88. The first-order valence-corrected chi connectivity index (χ1v) is 10.2. The van der Waals surface area contributed by atoms with E-state index in [4.69, 9.17) is 14.5 Å². The van der Waals surface area contributed by atoms with Crippen molar-refractivity contribution in [1.82, 2.24) is 25.1 Å². The quantitative estimate of drug-likeness (QED) is 0.734. The van der Waals surface area contributed by atoms with Crippen LogP contribution in [-0.2, 0) is 10.3 Å². The zero-order valence-electron chi connectivity index (χ0n) is 17.2. The SMILES string of the molecule is CC(C)(C)n1cc(-c2cc3ncccc3c(OC[C@@H]3CNCC4(CC4)O3)n2)cn1. The fourth-order valence-electron chi connectivity index (χ4n) is 3.72. The molecular weight excluding hydrogens is 366 g/mol. The van der Waals surface area contributed by atoms with E-state index in [1.165, 1.54) is 0 Å². The molecule has 1 N–H and O–H groups in total. The van der Waals surface area contributed by atoms with Crippen LogP contribution in [0.1, 0.15) is 33.6 Å². The highest BCUT2D eigenvalue weighted by molar-refractivity contribution is 5.86. The molecule has 7 nitrogen and oxygen atoms in total. The van der Waals surface area contributed by atoms with Crippen molar-refractivity contribution in [2.45, 2.75) is 50.9 Å². The van der Waals surface area contributed by atoms with Crippen LogP contribution in [0.3, 0.4) is 0 Å². The normalized spacial score (nSPS) is 20.9. The lowest BCUT2D eigenvalue weighted by Gasteiger charge is -2.30. The lowest BCUT2D eigenvalue weighted by Crippen LogP contribution is -2.48. The maximum atomic E-state index is 6.23. The van der Waals surface area contributed by atoms with Crippen LogP contribution in [0.15, 0.2) is 36.8 Å². The fourth-order valence-corrected chi connectivity index (χ4v) is 3.72. The molecule has 3 aromatic rings. The molecule has 152 valence electrons. The molecule has 7 heteroatoms. The number of ether oxygens (including phenoxy) is 2. The van der Waals surface area contributed by atoms with Gasteiger partial charge in [0.05, 0.1) is 33.9 Å². The van der Waals surface area contributed by atoms with Crippen molar-refractivity contribution in [3.63, 3.8) is 0 Å². The summed E-state index contributed by atoms with van der Waals surface area (Å²) >= 11 is 0. The number of fused-ring (bicyclic) bond motifs is 1. The summed E-state index contributed by atoms with van der Waals surface area (Å²) in [5.74, 6) is 0.591. The molecule has 1 aliphatic heterocycles. The molecule has 1 atom stereocenters. The number of hydrogen-bond acceptors (Lipinski definition) is 6. The Hall–Kier alpha value is -2.51. The van der Waals surface area contributed by atoms with Crippen molar-refractivity contribution in [2.75, 3.05) is 19.7 Å². The Balaban J connectivity index is 1.43. The van der Waals surface area contributed by atoms with E-state index in [0.717, 1.165) is 48.1 Å². The summed E-state index contributed by atoms with van der Waals surface area (Å²) in [4.78, 5) is 9.33. The predicted octanol–water partition coefficient (Wildman–Crippen LogP) is 3.15. The highest BCUT2D eigenvalue weighted by Crippen LogP contribution is 2.41. The summed E-state index contributed by atoms with van der Waals surface area (Å²) in [6.45, 7) is 8.59. The first-order chi connectivity index (χ1) is 13.9. The number of rotatable bonds is 4. The Morgan fingerprint density at radius 2 is 2.21 bits per heavy atom. The van der Waals surface area contributed by atoms with E-state index in [9.17, 15) is 0 Å². The van der Waals surface area contributed by atoms with E-state index in [1.54, 1.807) is 6.20 Å². The Bertz CT molecular complexity index is 1040. The summed E-state index contributed by atoms with van der Waals surface area (Å²) in [6.07, 6.45) is 7.96. The van der Waals surface area contributed by atoms with Gasteiger partial charge in [-0.15, -0.1) is 0 Å². The van der Waals surface area contributed by atoms with Gasteiger partial charge >= 0.3 is 0 Å². The van der Waals surface area contributed by atoms with Gasteiger partial charge in [0.15, 0.2) is 0 Å². The molecule has 4 heterocycles. The summed E-state index contributed by atoms with van der Waals surface area (Å²) < 4.78 is 14.4. The molecule has 5 rings (SSSR count). The van der Waals surface area contributed by atoms with E-state index in [2.05, 4.69) is 36.2 Å². The summed E-state index contributed by atoms with van der Waals surface area (Å²) in [7, 11) is 0. The van der Waals surface area contributed by atoms with Gasteiger partial charge in [-0.2, -0.15) is 5.10 Å². The number of nitrogens with zero attached hydrogens (tertiary/aromatic N) is 4. The van der Waals surface area contributed by atoms with Crippen molar-refractivity contribution in [3.8, 4) is 17.1 Å². The smallest absolute Gasteiger partial charge is 0.223 e. The molecule has 1 saturated carbocycles. The number of morpholine rings is 1. The van der Waals surface area contributed by atoms with Crippen molar-refractivity contribution in [3.05, 3.63) is 36.8 Å². The van der Waals surface area contributed by atoms with Crippen molar-refractivity contribution in [1.29, 1.82) is 0 Å². The second kappa shape index (κ2) is 6.78. The van der Waals surface area contributed by atoms with Gasteiger partial charge in [0, 0.05) is 31.0 Å². The molecule has 1 aliphatic carbocycles. The van der Waals surface area contributed by atoms with Gasteiger partial charge in [0.25, 0.3) is 0 Å². The van der Waals surface area contributed by atoms with E-state index < -0.39 is 0 Å². The lowest BCUT2D eigenvalue weighted by atomic mass is 10.1. The van der Waals surface area contributed by atoms with Crippen LogP contribution in [0.4, 0.5) is 0 Å². The van der Waals surface area contributed by atoms with E-state index in [1.807, 2.05) is 35.3 Å². The van der Waals surface area contributed by atoms with E-state index in [-0.39, 0.29) is 17.2 Å². The van der Waals surface area contributed by atoms with Gasteiger partial charge in [-0.25, -0.2) is 4.98 Å². The zero-order valence-corrected chi connectivity index (χ0v) is 17.2. The minimum Gasteiger partial charge on any atom is -0.474 e. The van der Waals surface area contributed by atoms with Gasteiger partial charge in [-0.3, -0.25) is 9.67 Å². The largest absolute Gasteiger partial charge is 0.474 e. The third-order valence-electron chi connectivity index (χ3n) is 5.58. The molecule has 1 spiro atoms. The van der Waals surface area contributed by atoms with Gasteiger partial charge in [0.1, 0.15) is 12.7 Å². The minimum absolute atomic E-state index is 0.0343. The van der Waals surface area contributed by atoms with Crippen LogP contribution in [0.25, 0.3) is 22.2 Å². The number of hydrogen-bond donors (Lipinski definition) is 1. The Morgan fingerprint density at radius 3 is 2.97 bits per heavy atom. The van der Waals surface area contributed by atoms with Crippen LogP contribution in [0, 0.1) is 0 Å². The standard InChI is InChI=1S/C22H27N5O2/c1-21(2,3)27-12-15(10-25-27)18-9-19-17(5-4-8-24-19)20(26-18)28-13-16-11-23-14-22(29-16)6-7-22/h4-5,8-10,12,16,23H,6-7,11,13-14H2,1-3H3/t16-/m0/s1. The second-order valence-corrected chi connectivity index (χ2v) is 9.09. The molecule has 1 saturated heterocycles. The Morgan fingerprint density at radius 1 is 1.34 bits per heavy atom. The van der Waals surface area contributed by atoms with E-state index >= 15 is 0 Å². The number of pyridine rings is 2. The Kier molecular flexibility index (Phi) is 4.33. The molecule has 2 fully saturated rings. The average molecular weight is 393 g/mol. The van der Waals surface area contributed by atoms with Crippen LogP contribution < -0.4 is 10.1 Å². The van der Waals surface area contributed by atoms with Crippen LogP contribution in [-0.4, -0.2) is 51.1 Å². The van der Waals surface area contributed by atoms with Crippen molar-refractivity contribution in [2.24, 2.45) is 0 Å². The minimum atomic E-state index is -0.0865. The maximum Gasteiger partial charge on any atom is 0.223 e. The highest BCUT2D eigenvalue weighted by Gasteiger charge is 2.47. The molecule has 0 radical (unpaired) electrons. The summed E-state index contributed by atoms with van der Waals surface area (Å²) in [6, 6.07) is 5.89. The summed E-state index contributed by atoms with van der Waals surface area (Å²) in [5.41, 5.74) is 2.58. The first-order valence-electron chi connectivity index (χ1n) is 10.2. The Labute approximate surface area is 170 Å². The second-order valence-electron chi connectivity index (χ2n) is 9.09. The number of aromatic nitrogens is 4. The third-order valence-corrected chi connectivity index (χ3v) is 5.58. The maximum absolute atomic E-state index is 6.23. The topological polar surface area (TPSA) is 74.1 Å². The van der Waals surface area contributed by atoms with Crippen LogP contribution in [0.5, 0.6) is 5.88 Å². The molecule has 0 bridgehead atoms. The van der Waals surface area contributed by atoms with Crippen molar-refractivity contribution >= 4 is 10.9 Å². The molecule has 2 aliphatic rings. The molecule has 29 heavy (non-hydrogen) atoms. The van der Waals surface area contributed by atoms with Gasteiger partial charge in [0.2, 0.25) is 5.88 Å². The first kappa shape index (κ1) is 18.5. The number of nitrogens with one attached hydrogen (secondary N) is 1. The molecule has 0 amide bonds. The molecule has 0 aromatic carbocycles. The van der Waals surface area contributed by atoms with Gasteiger partial charge < -0.3 is 14.8 Å². The van der Waals surface area contributed by atoms with Gasteiger partial charge in [-0.05, 0) is 51.8 Å². The fraction of sp³-hybridized carbons (Fsp3) is 0.500. The predicted molar refractivity (Wildman–Crippen MR) is 111 cm³/mol. The average Bonchev–Trinajstić information content (AvgIpc) is 3.24. The molecule has 0 unspecified atom stereocenters. The van der Waals surface area contributed by atoms with Gasteiger partial charge in [-0.1, -0.05) is 0 Å². The monoisotopic (exact) mass is 393 g/mol. The van der Waals surface area contributed by atoms with Crippen LogP contribution in [0.2, 0.25) is 0 Å². The zero-order chi connectivity index (χ0) is 20.1. The molecular formula is C22H27N5O2. The van der Waals surface area contributed by atoms with Crippen molar-refractivity contribution < 1.29 is 9.47 Å². The van der Waals surface area contributed by atoms with Crippen LogP contribution >= 0.6 is 0 Å². The lowest BCUT2D eigenvalue weighted by molar-refractivity contribution is -0.0716. The molecule has 3 aromatic heterocycles. The van der Waals surface area contributed by atoms with E-state index in [0.29, 0.717) is 12.5 Å².